The van der Waals surface area contributed by atoms with Gasteiger partial charge in [0.1, 0.15) is 0 Å². The van der Waals surface area contributed by atoms with Gasteiger partial charge >= 0.3 is 0 Å². The van der Waals surface area contributed by atoms with Gasteiger partial charge in [-0.2, -0.15) is 0 Å². The molecule has 3 N–H and O–H groups in total. The molecule has 4 rings (SSSR count). The molecule has 2 aromatic rings. The van der Waals surface area contributed by atoms with Gasteiger partial charge in [-0.25, -0.2) is 0 Å². The summed E-state index contributed by atoms with van der Waals surface area (Å²) in [5, 5.41) is 3.15. The number of carbonyl (C=O) groups is 2. The van der Waals surface area contributed by atoms with E-state index >= 15 is 0 Å². The molecule has 6 nitrogen and oxygen atoms in total. The summed E-state index contributed by atoms with van der Waals surface area (Å²) in [6, 6.07) is 16.1. The highest BCUT2D eigenvalue weighted by Gasteiger charge is 2.25. The maximum atomic E-state index is 12.6. The van der Waals surface area contributed by atoms with Crippen molar-refractivity contribution in [1.82, 2.24) is 10.2 Å². The number of nitrogens with one attached hydrogen (secondary N) is 1. The number of hydrogen-bond acceptors (Lipinski definition) is 4. The number of nitrogens with two attached hydrogens (primary N) is 1. The topological polar surface area (TPSA) is 78.7 Å². The minimum atomic E-state index is -0.410. The van der Waals surface area contributed by atoms with Crippen LogP contribution in [0.25, 0.3) is 0 Å². The Bertz CT molecular complexity index is 904. The van der Waals surface area contributed by atoms with E-state index in [2.05, 4.69) is 39.4 Å². The average molecular weight is 421 g/mol. The summed E-state index contributed by atoms with van der Waals surface area (Å²) in [7, 11) is 0. The fourth-order valence-electron chi connectivity index (χ4n) is 4.64. The smallest absolute Gasteiger partial charge is 0.248 e. The number of amides is 2. The number of hydrogen-bond donors (Lipinski definition) is 2. The lowest BCUT2D eigenvalue weighted by atomic mass is 9.95. The molecule has 164 valence electrons. The van der Waals surface area contributed by atoms with Gasteiger partial charge in [0.05, 0.1) is 0 Å². The van der Waals surface area contributed by atoms with E-state index in [9.17, 15) is 9.59 Å². The van der Waals surface area contributed by atoms with Gasteiger partial charge in [-0.1, -0.05) is 24.3 Å². The monoisotopic (exact) mass is 420 g/mol. The summed E-state index contributed by atoms with van der Waals surface area (Å²) < 4.78 is 0. The third kappa shape index (κ3) is 5.44. The summed E-state index contributed by atoms with van der Waals surface area (Å²) in [4.78, 5) is 28.5. The van der Waals surface area contributed by atoms with Crippen LogP contribution in [0.15, 0.2) is 48.5 Å². The number of primary amides is 1. The van der Waals surface area contributed by atoms with Crippen molar-refractivity contribution in [3.05, 3.63) is 65.2 Å². The zero-order valence-electron chi connectivity index (χ0n) is 18.1. The summed E-state index contributed by atoms with van der Waals surface area (Å²) in [5.74, 6) is -0.136. The number of nitrogens with zero attached hydrogens (tertiary/aromatic N) is 2. The Hall–Kier alpha value is -2.86. The molecule has 2 amide bonds. The minimum absolute atomic E-state index is 0.0861. The van der Waals surface area contributed by atoms with E-state index in [4.69, 9.17) is 5.73 Å². The fourth-order valence-corrected chi connectivity index (χ4v) is 4.64. The van der Waals surface area contributed by atoms with Gasteiger partial charge in [0.2, 0.25) is 11.8 Å². The molecule has 2 aliphatic rings. The SMILES string of the molecule is NC(=O)c1ccc(N2CCC(C(=O)NCCCN3CCc4ccccc4C3)CC2)cc1. The second-order valence-corrected chi connectivity index (χ2v) is 8.61. The van der Waals surface area contributed by atoms with Crippen LogP contribution >= 0.6 is 0 Å². The second kappa shape index (κ2) is 9.96. The minimum Gasteiger partial charge on any atom is -0.371 e. The number of anilines is 1. The number of carbonyl (C=O) groups excluding carboxylic acids is 2. The van der Waals surface area contributed by atoms with Crippen molar-refractivity contribution in [2.75, 3.05) is 37.6 Å². The third-order valence-electron chi connectivity index (χ3n) is 6.54. The zero-order chi connectivity index (χ0) is 21.6. The van der Waals surface area contributed by atoms with E-state index in [1.807, 2.05) is 12.1 Å². The van der Waals surface area contributed by atoms with Crippen LogP contribution in [0.1, 0.15) is 40.7 Å². The third-order valence-corrected chi connectivity index (χ3v) is 6.54. The van der Waals surface area contributed by atoms with E-state index in [1.165, 1.54) is 11.1 Å². The highest BCUT2D eigenvalue weighted by molar-refractivity contribution is 5.93. The highest BCUT2D eigenvalue weighted by Crippen LogP contribution is 2.24. The Morgan fingerprint density at radius 1 is 0.968 bits per heavy atom. The van der Waals surface area contributed by atoms with E-state index < -0.39 is 5.91 Å². The lowest BCUT2D eigenvalue weighted by Gasteiger charge is -2.33. The van der Waals surface area contributed by atoms with Gasteiger partial charge in [0.25, 0.3) is 0 Å². The van der Waals surface area contributed by atoms with Crippen molar-refractivity contribution in [1.29, 1.82) is 0 Å². The number of rotatable bonds is 7. The van der Waals surface area contributed by atoms with Crippen LogP contribution in [0.3, 0.4) is 0 Å². The van der Waals surface area contributed by atoms with E-state index in [-0.39, 0.29) is 11.8 Å². The molecular formula is C25H32N4O2. The largest absolute Gasteiger partial charge is 0.371 e. The van der Waals surface area contributed by atoms with E-state index in [0.717, 1.165) is 70.6 Å². The molecule has 0 saturated carbocycles. The first-order valence-corrected chi connectivity index (χ1v) is 11.3. The molecule has 1 saturated heterocycles. The van der Waals surface area contributed by atoms with Crippen LogP contribution in [-0.2, 0) is 17.8 Å². The molecule has 0 unspecified atom stereocenters. The Balaban J connectivity index is 1.15. The van der Waals surface area contributed by atoms with Crippen LogP contribution in [0.2, 0.25) is 0 Å². The first-order chi connectivity index (χ1) is 15.1. The van der Waals surface area contributed by atoms with E-state index in [0.29, 0.717) is 5.56 Å². The van der Waals surface area contributed by atoms with Gasteiger partial charge in [-0.05, 0) is 61.1 Å². The summed E-state index contributed by atoms with van der Waals surface area (Å²) in [6.45, 7) is 5.58. The van der Waals surface area contributed by atoms with Crippen LogP contribution in [0, 0.1) is 5.92 Å². The molecule has 2 heterocycles. The molecule has 1 fully saturated rings. The lowest BCUT2D eigenvalue weighted by Crippen LogP contribution is -2.41. The molecule has 31 heavy (non-hydrogen) atoms. The molecule has 0 aromatic heterocycles. The zero-order valence-corrected chi connectivity index (χ0v) is 18.1. The predicted molar refractivity (Wildman–Crippen MR) is 123 cm³/mol. The average Bonchev–Trinajstić information content (AvgIpc) is 2.82. The van der Waals surface area contributed by atoms with Crippen LogP contribution in [0.4, 0.5) is 5.69 Å². The van der Waals surface area contributed by atoms with Crippen molar-refractivity contribution in [3.63, 3.8) is 0 Å². The van der Waals surface area contributed by atoms with Gasteiger partial charge in [0.15, 0.2) is 0 Å². The molecule has 0 aliphatic carbocycles. The molecule has 2 aromatic carbocycles. The quantitative estimate of drug-likeness (QED) is 0.675. The molecule has 0 atom stereocenters. The van der Waals surface area contributed by atoms with Crippen molar-refractivity contribution in [3.8, 4) is 0 Å². The lowest BCUT2D eigenvalue weighted by molar-refractivity contribution is -0.125. The summed E-state index contributed by atoms with van der Waals surface area (Å²) in [5.41, 5.74) is 9.81. The Labute approximate surface area is 184 Å². The summed E-state index contributed by atoms with van der Waals surface area (Å²) >= 11 is 0. The number of fused-ring (bicyclic) bond motifs is 1. The van der Waals surface area contributed by atoms with Crippen LogP contribution in [-0.4, -0.2) is 49.4 Å². The van der Waals surface area contributed by atoms with Gasteiger partial charge < -0.3 is 16.0 Å². The van der Waals surface area contributed by atoms with Crippen LogP contribution < -0.4 is 16.0 Å². The van der Waals surface area contributed by atoms with Crippen LogP contribution in [0.5, 0.6) is 0 Å². The Morgan fingerprint density at radius 2 is 1.68 bits per heavy atom. The molecular weight excluding hydrogens is 388 g/mol. The Kier molecular flexibility index (Phi) is 6.87. The molecule has 0 bridgehead atoms. The van der Waals surface area contributed by atoms with Gasteiger partial charge in [-0.3, -0.25) is 14.5 Å². The maximum absolute atomic E-state index is 12.6. The standard InChI is InChI=1S/C25H32N4O2/c26-24(30)20-6-8-23(9-7-20)29-16-11-21(12-17-29)25(31)27-13-3-14-28-15-10-19-4-1-2-5-22(19)18-28/h1-2,4-9,21H,3,10-18H2,(H2,26,30)(H,27,31). The van der Waals surface area contributed by atoms with Crippen molar-refractivity contribution < 1.29 is 9.59 Å². The molecule has 2 aliphatic heterocycles. The van der Waals surface area contributed by atoms with Gasteiger partial charge in [-0.15, -0.1) is 0 Å². The molecule has 0 radical (unpaired) electrons. The fraction of sp³-hybridized carbons (Fsp3) is 0.440. The van der Waals surface area contributed by atoms with Crippen molar-refractivity contribution in [2.24, 2.45) is 11.7 Å². The van der Waals surface area contributed by atoms with Crippen molar-refractivity contribution in [2.45, 2.75) is 32.2 Å². The number of piperidine rings is 1. The van der Waals surface area contributed by atoms with E-state index in [1.54, 1.807) is 12.1 Å². The molecule has 0 spiro atoms. The van der Waals surface area contributed by atoms with Gasteiger partial charge in [0, 0.05) is 56.4 Å². The normalized spacial score (nSPS) is 17.2. The number of benzene rings is 2. The second-order valence-electron chi connectivity index (χ2n) is 8.61. The maximum Gasteiger partial charge on any atom is 0.248 e. The predicted octanol–water partition coefficient (Wildman–Crippen LogP) is 2.57. The first kappa shape index (κ1) is 21.4. The first-order valence-electron chi connectivity index (χ1n) is 11.3. The molecule has 6 heteroatoms. The summed E-state index contributed by atoms with van der Waals surface area (Å²) in [6.07, 6.45) is 3.81. The highest BCUT2D eigenvalue weighted by atomic mass is 16.2. The van der Waals surface area contributed by atoms with Crippen molar-refractivity contribution >= 4 is 17.5 Å². The Morgan fingerprint density at radius 3 is 2.39 bits per heavy atom.